The number of carbonyl (C=O) groups excluding carboxylic acids is 1. The van der Waals surface area contributed by atoms with Gasteiger partial charge in [0.1, 0.15) is 0 Å². The Kier molecular flexibility index (Phi) is 6.45. The second-order valence-electron chi connectivity index (χ2n) is 6.28. The van der Waals surface area contributed by atoms with Crippen LogP contribution >= 0.6 is 0 Å². The Bertz CT molecular complexity index is 373. The highest BCUT2D eigenvalue weighted by molar-refractivity contribution is 5.76. The number of urea groups is 1. The monoisotopic (exact) mass is 299 g/mol. The molecule has 6 heteroatoms. The molecular weight excluding hydrogens is 270 g/mol. The summed E-state index contributed by atoms with van der Waals surface area (Å²) in [4.78, 5) is 29.6. The smallest absolute Gasteiger partial charge is 0.320 e. The van der Waals surface area contributed by atoms with Gasteiger partial charge in [-0.05, 0) is 47.7 Å². The number of carboxylic acids is 1. The SMILES string of the molecule is CCN(C(=O)N1CCC(C(=O)O)CC1C)C(C)CN(C)C. The minimum absolute atomic E-state index is 0.0204. The van der Waals surface area contributed by atoms with Crippen molar-refractivity contribution in [2.75, 3.05) is 33.7 Å². The zero-order valence-electron chi connectivity index (χ0n) is 13.9. The van der Waals surface area contributed by atoms with Gasteiger partial charge in [0.25, 0.3) is 0 Å². The van der Waals surface area contributed by atoms with Gasteiger partial charge < -0.3 is 19.8 Å². The lowest BCUT2D eigenvalue weighted by atomic mass is 9.92. The molecule has 1 saturated heterocycles. The Morgan fingerprint density at radius 1 is 1.38 bits per heavy atom. The second-order valence-corrected chi connectivity index (χ2v) is 6.28. The van der Waals surface area contributed by atoms with Gasteiger partial charge in [0, 0.05) is 31.7 Å². The van der Waals surface area contributed by atoms with E-state index in [2.05, 4.69) is 11.8 Å². The van der Waals surface area contributed by atoms with Gasteiger partial charge in [-0.15, -0.1) is 0 Å². The van der Waals surface area contributed by atoms with E-state index in [1.807, 2.05) is 37.7 Å². The van der Waals surface area contributed by atoms with E-state index in [0.717, 1.165) is 6.54 Å². The van der Waals surface area contributed by atoms with Crippen LogP contribution in [0.5, 0.6) is 0 Å². The van der Waals surface area contributed by atoms with Crippen LogP contribution in [0.25, 0.3) is 0 Å². The van der Waals surface area contributed by atoms with Gasteiger partial charge in [-0.1, -0.05) is 0 Å². The van der Waals surface area contributed by atoms with Crippen LogP contribution in [0.2, 0.25) is 0 Å². The lowest BCUT2D eigenvalue weighted by Gasteiger charge is -2.41. The summed E-state index contributed by atoms with van der Waals surface area (Å²) < 4.78 is 0. The molecule has 0 aromatic rings. The van der Waals surface area contributed by atoms with Gasteiger partial charge >= 0.3 is 12.0 Å². The van der Waals surface area contributed by atoms with E-state index in [1.54, 1.807) is 0 Å². The average molecular weight is 299 g/mol. The fourth-order valence-electron chi connectivity index (χ4n) is 3.11. The highest BCUT2D eigenvalue weighted by Crippen LogP contribution is 2.24. The number of amides is 2. The molecule has 3 atom stereocenters. The normalized spacial score (nSPS) is 24.0. The summed E-state index contributed by atoms with van der Waals surface area (Å²) in [7, 11) is 3.99. The molecule has 1 fully saturated rings. The van der Waals surface area contributed by atoms with Gasteiger partial charge in [-0.2, -0.15) is 0 Å². The summed E-state index contributed by atoms with van der Waals surface area (Å²) in [6, 6.07) is 0.151. The molecular formula is C15H29N3O3. The molecule has 1 aliphatic heterocycles. The summed E-state index contributed by atoms with van der Waals surface area (Å²) in [5, 5.41) is 9.10. The lowest BCUT2D eigenvalue weighted by Crippen LogP contribution is -2.55. The molecule has 1 rings (SSSR count). The van der Waals surface area contributed by atoms with E-state index in [4.69, 9.17) is 5.11 Å². The van der Waals surface area contributed by atoms with Crippen molar-refractivity contribution < 1.29 is 14.7 Å². The molecule has 0 bridgehead atoms. The number of hydrogen-bond donors (Lipinski definition) is 1. The van der Waals surface area contributed by atoms with Crippen LogP contribution in [-0.4, -0.2) is 77.6 Å². The number of rotatable bonds is 5. The van der Waals surface area contributed by atoms with Crippen molar-refractivity contribution in [3.05, 3.63) is 0 Å². The predicted octanol–water partition coefficient (Wildman–Crippen LogP) is 1.56. The molecule has 0 aromatic heterocycles. The Morgan fingerprint density at radius 2 is 2.00 bits per heavy atom. The highest BCUT2D eigenvalue weighted by Gasteiger charge is 2.34. The summed E-state index contributed by atoms with van der Waals surface area (Å²) >= 11 is 0. The van der Waals surface area contributed by atoms with Gasteiger partial charge in [0.15, 0.2) is 0 Å². The maximum atomic E-state index is 12.7. The largest absolute Gasteiger partial charge is 0.481 e. The first-order chi connectivity index (χ1) is 9.77. The molecule has 6 nitrogen and oxygen atoms in total. The van der Waals surface area contributed by atoms with Crippen LogP contribution in [0.3, 0.4) is 0 Å². The Hall–Kier alpha value is -1.30. The Labute approximate surface area is 127 Å². The van der Waals surface area contributed by atoms with Crippen LogP contribution in [0.1, 0.15) is 33.6 Å². The molecule has 1 N–H and O–H groups in total. The number of aliphatic carboxylic acids is 1. The number of hydrogen-bond acceptors (Lipinski definition) is 3. The first-order valence-corrected chi connectivity index (χ1v) is 7.72. The van der Waals surface area contributed by atoms with Crippen LogP contribution in [0.15, 0.2) is 0 Å². The zero-order chi connectivity index (χ0) is 16.2. The third kappa shape index (κ3) is 4.59. The fraction of sp³-hybridized carbons (Fsp3) is 0.867. The molecule has 0 aliphatic carbocycles. The highest BCUT2D eigenvalue weighted by atomic mass is 16.4. The summed E-state index contributed by atoms with van der Waals surface area (Å²) in [6.45, 7) is 7.99. The molecule has 0 saturated carbocycles. The van der Waals surface area contributed by atoms with Gasteiger partial charge in [0.05, 0.1) is 5.92 Å². The zero-order valence-corrected chi connectivity index (χ0v) is 13.9. The third-order valence-corrected chi connectivity index (χ3v) is 4.22. The molecule has 0 radical (unpaired) electrons. The molecule has 3 unspecified atom stereocenters. The quantitative estimate of drug-likeness (QED) is 0.837. The first kappa shape index (κ1) is 17.8. The van der Waals surface area contributed by atoms with Gasteiger partial charge in [0.2, 0.25) is 0 Å². The van der Waals surface area contributed by atoms with E-state index in [0.29, 0.717) is 25.9 Å². The van der Waals surface area contributed by atoms with Crippen LogP contribution < -0.4 is 0 Å². The van der Waals surface area contributed by atoms with Crippen LogP contribution in [0.4, 0.5) is 4.79 Å². The average Bonchev–Trinajstić information content (AvgIpc) is 2.38. The summed E-state index contributed by atoms with van der Waals surface area (Å²) in [6.07, 6.45) is 1.09. The van der Waals surface area contributed by atoms with E-state index in [9.17, 15) is 9.59 Å². The fourth-order valence-corrected chi connectivity index (χ4v) is 3.11. The van der Waals surface area contributed by atoms with Crippen molar-refractivity contribution in [2.45, 2.75) is 45.7 Å². The molecule has 1 heterocycles. The number of nitrogens with zero attached hydrogens (tertiary/aromatic N) is 3. The van der Waals surface area contributed by atoms with E-state index >= 15 is 0 Å². The summed E-state index contributed by atoms with van der Waals surface area (Å²) in [5.41, 5.74) is 0. The molecule has 0 spiro atoms. The number of piperidine rings is 1. The third-order valence-electron chi connectivity index (χ3n) is 4.22. The van der Waals surface area contributed by atoms with E-state index in [1.165, 1.54) is 0 Å². The van der Waals surface area contributed by atoms with Crippen molar-refractivity contribution in [1.29, 1.82) is 0 Å². The second kappa shape index (κ2) is 7.64. The number of carboxylic acid groups (broad SMARTS) is 1. The molecule has 122 valence electrons. The van der Waals surface area contributed by atoms with Gasteiger partial charge in [-0.25, -0.2) is 4.79 Å². The molecule has 21 heavy (non-hydrogen) atoms. The van der Waals surface area contributed by atoms with Gasteiger partial charge in [-0.3, -0.25) is 4.79 Å². The van der Waals surface area contributed by atoms with E-state index in [-0.39, 0.29) is 24.0 Å². The Balaban J connectivity index is 2.70. The summed E-state index contributed by atoms with van der Waals surface area (Å²) in [5.74, 6) is -1.07. The predicted molar refractivity (Wildman–Crippen MR) is 82.3 cm³/mol. The van der Waals surface area contributed by atoms with Crippen molar-refractivity contribution in [2.24, 2.45) is 5.92 Å². The van der Waals surface area contributed by atoms with E-state index < -0.39 is 5.97 Å². The number of carbonyl (C=O) groups is 2. The minimum atomic E-state index is -0.748. The molecule has 2 amide bonds. The topological polar surface area (TPSA) is 64.1 Å². The van der Waals surface area contributed by atoms with Crippen molar-refractivity contribution in [1.82, 2.24) is 14.7 Å². The maximum Gasteiger partial charge on any atom is 0.320 e. The minimum Gasteiger partial charge on any atom is -0.481 e. The van der Waals surface area contributed by atoms with Crippen molar-refractivity contribution >= 4 is 12.0 Å². The Morgan fingerprint density at radius 3 is 2.43 bits per heavy atom. The first-order valence-electron chi connectivity index (χ1n) is 7.72. The van der Waals surface area contributed by atoms with Crippen LogP contribution in [-0.2, 0) is 4.79 Å². The van der Waals surface area contributed by atoms with Crippen LogP contribution in [0, 0.1) is 5.92 Å². The number of likely N-dealkylation sites (tertiary alicyclic amines) is 1. The standard InChI is InChI=1S/C15H29N3O3/c1-6-17(12(3)10-16(4)5)15(21)18-8-7-13(14(19)20)9-11(18)2/h11-13H,6-10H2,1-5H3,(H,19,20). The molecule has 0 aromatic carbocycles. The lowest BCUT2D eigenvalue weighted by molar-refractivity contribution is -0.143. The van der Waals surface area contributed by atoms with Crippen molar-refractivity contribution in [3.63, 3.8) is 0 Å². The number of likely N-dealkylation sites (N-methyl/N-ethyl adjacent to an activating group) is 2. The maximum absolute atomic E-state index is 12.7. The molecule has 1 aliphatic rings. The van der Waals surface area contributed by atoms with Crippen molar-refractivity contribution in [3.8, 4) is 0 Å².